The van der Waals surface area contributed by atoms with Crippen molar-refractivity contribution >= 4 is 5.97 Å². The zero-order valence-corrected chi connectivity index (χ0v) is 19.4. The first-order valence-corrected chi connectivity index (χ1v) is 12.5. The van der Waals surface area contributed by atoms with Crippen LogP contribution in [0.3, 0.4) is 0 Å². The van der Waals surface area contributed by atoms with Crippen molar-refractivity contribution in [2.24, 2.45) is 0 Å². The molecule has 166 valence electrons. The molecule has 1 aromatic carbocycles. The van der Waals surface area contributed by atoms with E-state index < -0.39 is 0 Å². The highest BCUT2D eigenvalue weighted by atomic mass is 16.5. The summed E-state index contributed by atoms with van der Waals surface area (Å²) in [5.74, 6) is -0.0562. The van der Waals surface area contributed by atoms with E-state index in [9.17, 15) is 4.79 Å². The summed E-state index contributed by atoms with van der Waals surface area (Å²) in [5, 5.41) is 0. The van der Waals surface area contributed by atoms with Crippen molar-refractivity contribution in [1.82, 2.24) is 0 Å². The molecule has 0 radical (unpaired) electrons. The van der Waals surface area contributed by atoms with Crippen LogP contribution in [0.5, 0.6) is 0 Å². The van der Waals surface area contributed by atoms with E-state index in [1.54, 1.807) is 0 Å². The van der Waals surface area contributed by atoms with Gasteiger partial charge in [-0.3, -0.25) is 4.79 Å². The number of unbranched alkanes of at least 4 members (excludes halogenated alkanes) is 14. The van der Waals surface area contributed by atoms with Gasteiger partial charge in [-0.25, -0.2) is 0 Å². The van der Waals surface area contributed by atoms with Crippen LogP contribution in [0, 0.1) is 0 Å². The highest BCUT2D eigenvalue weighted by Crippen LogP contribution is 2.14. The molecular formula is C27H46O2. The van der Waals surface area contributed by atoms with Crippen LogP contribution in [0.4, 0.5) is 0 Å². The van der Waals surface area contributed by atoms with Gasteiger partial charge in [0.15, 0.2) is 0 Å². The van der Waals surface area contributed by atoms with E-state index in [1.165, 1.54) is 89.0 Å². The molecule has 29 heavy (non-hydrogen) atoms. The van der Waals surface area contributed by atoms with Crippen LogP contribution < -0.4 is 0 Å². The fourth-order valence-electron chi connectivity index (χ4n) is 3.75. The number of esters is 1. The summed E-state index contributed by atoms with van der Waals surface area (Å²) in [6.45, 7) is 4.83. The molecule has 0 spiro atoms. The quantitative estimate of drug-likeness (QED) is 0.171. The number of benzene rings is 1. The molecule has 0 aliphatic rings. The average Bonchev–Trinajstić information content (AvgIpc) is 2.75. The van der Waals surface area contributed by atoms with Gasteiger partial charge < -0.3 is 4.74 Å². The van der Waals surface area contributed by atoms with Gasteiger partial charge in [0, 0.05) is 6.42 Å². The summed E-state index contributed by atoms with van der Waals surface area (Å²) in [7, 11) is 0. The Bertz CT molecular complexity index is 492. The second-order valence-electron chi connectivity index (χ2n) is 8.53. The van der Waals surface area contributed by atoms with E-state index in [2.05, 4.69) is 38.1 Å². The second kappa shape index (κ2) is 18.7. The molecule has 0 fully saturated rings. The van der Waals surface area contributed by atoms with Crippen LogP contribution in [-0.2, 0) is 22.6 Å². The van der Waals surface area contributed by atoms with Crippen molar-refractivity contribution in [2.45, 2.75) is 130 Å². The van der Waals surface area contributed by atoms with E-state index >= 15 is 0 Å². The Morgan fingerprint density at radius 2 is 1.03 bits per heavy atom. The molecule has 0 heterocycles. The third-order valence-corrected chi connectivity index (χ3v) is 5.82. The normalized spacial score (nSPS) is 11.0. The Morgan fingerprint density at radius 3 is 1.48 bits per heavy atom. The SMILES string of the molecule is CCCCCCCCCCCCCCCCCC(=O)OCc1ccc(CC)cc1. The zero-order valence-electron chi connectivity index (χ0n) is 19.4. The van der Waals surface area contributed by atoms with Crippen molar-refractivity contribution in [3.8, 4) is 0 Å². The van der Waals surface area contributed by atoms with Crippen LogP contribution in [-0.4, -0.2) is 5.97 Å². The summed E-state index contributed by atoms with van der Waals surface area (Å²) >= 11 is 0. The highest BCUT2D eigenvalue weighted by Gasteiger charge is 2.03. The van der Waals surface area contributed by atoms with Gasteiger partial charge in [-0.2, -0.15) is 0 Å². The molecule has 0 aliphatic carbocycles. The van der Waals surface area contributed by atoms with E-state index in [0.29, 0.717) is 13.0 Å². The average molecular weight is 403 g/mol. The maximum atomic E-state index is 11.9. The smallest absolute Gasteiger partial charge is 0.306 e. The van der Waals surface area contributed by atoms with Gasteiger partial charge in [0.05, 0.1) is 0 Å². The first-order valence-electron chi connectivity index (χ1n) is 12.5. The number of carbonyl (C=O) groups excluding carboxylic acids is 1. The third-order valence-electron chi connectivity index (χ3n) is 5.82. The van der Waals surface area contributed by atoms with Crippen LogP contribution >= 0.6 is 0 Å². The Balaban J connectivity index is 1.82. The molecule has 0 saturated heterocycles. The number of ether oxygens (including phenoxy) is 1. The number of aryl methyl sites for hydroxylation is 1. The van der Waals surface area contributed by atoms with Crippen LogP contribution in [0.15, 0.2) is 24.3 Å². The molecule has 0 atom stereocenters. The lowest BCUT2D eigenvalue weighted by atomic mass is 10.0. The van der Waals surface area contributed by atoms with Gasteiger partial charge in [0.2, 0.25) is 0 Å². The Hall–Kier alpha value is -1.31. The Labute approximate surface area is 180 Å². The van der Waals surface area contributed by atoms with Crippen molar-refractivity contribution in [1.29, 1.82) is 0 Å². The topological polar surface area (TPSA) is 26.3 Å². The Kier molecular flexibility index (Phi) is 16.6. The van der Waals surface area contributed by atoms with Crippen molar-refractivity contribution in [3.05, 3.63) is 35.4 Å². The standard InChI is InChI=1S/C27H46O2/c1-3-5-6-7-8-9-10-11-12-13-14-15-16-17-18-19-27(28)29-24-26-22-20-25(4-2)21-23-26/h20-23H,3-19,24H2,1-2H3. The van der Waals surface area contributed by atoms with Crippen LogP contribution in [0.25, 0.3) is 0 Å². The number of carbonyl (C=O) groups is 1. The van der Waals surface area contributed by atoms with Crippen molar-refractivity contribution in [3.63, 3.8) is 0 Å². The summed E-state index contributed by atoms with van der Waals surface area (Å²) in [5.41, 5.74) is 2.39. The van der Waals surface area contributed by atoms with Gasteiger partial charge in [0.1, 0.15) is 6.61 Å². The van der Waals surface area contributed by atoms with Gasteiger partial charge in [-0.05, 0) is 24.0 Å². The molecule has 0 aromatic heterocycles. The zero-order chi connectivity index (χ0) is 21.0. The number of rotatable bonds is 19. The molecule has 0 N–H and O–H groups in total. The van der Waals surface area contributed by atoms with E-state index in [4.69, 9.17) is 4.74 Å². The predicted molar refractivity (Wildman–Crippen MR) is 125 cm³/mol. The van der Waals surface area contributed by atoms with Gasteiger partial charge >= 0.3 is 5.97 Å². The van der Waals surface area contributed by atoms with Crippen molar-refractivity contribution in [2.75, 3.05) is 0 Å². The maximum Gasteiger partial charge on any atom is 0.306 e. The maximum absolute atomic E-state index is 11.9. The number of hydrogen-bond donors (Lipinski definition) is 0. The Morgan fingerprint density at radius 1 is 0.621 bits per heavy atom. The molecule has 0 bridgehead atoms. The first kappa shape index (κ1) is 25.7. The number of hydrogen-bond acceptors (Lipinski definition) is 2. The molecule has 1 aromatic rings. The third kappa shape index (κ3) is 15.2. The minimum absolute atomic E-state index is 0.0562. The summed E-state index contributed by atoms with van der Waals surface area (Å²) < 4.78 is 5.38. The van der Waals surface area contributed by atoms with E-state index in [0.717, 1.165) is 24.8 Å². The van der Waals surface area contributed by atoms with E-state index in [1.807, 2.05) is 0 Å². The largest absolute Gasteiger partial charge is 0.461 e. The molecule has 0 amide bonds. The molecular weight excluding hydrogens is 356 g/mol. The molecule has 0 unspecified atom stereocenters. The monoisotopic (exact) mass is 402 g/mol. The van der Waals surface area contributed by atoms with Gasteiger partial charge in [-0.15, -0.1) is 0 Å². The lowest BCUT2D eigenvalue weighted by Crippen LogP contribution is -2.04. The van der Waals surface area contributed by atoms with Crippen molar-refractivity contribution < 1.29 is 9.53 Å². The molecule has 2 nitrogen and oxygen atoms in total. The lowest BCUT2D eigenvalue weighted by molar-refractivity contribution is -0.145. The minimum Gasteiger partial charge on any atom is -0.461 e. The fourth-order valence-corrected chi connectivity index (χ4v) is 3.75. The van der Waals surface area contributed by atoms with E-state index in [-0.39, 0.29) is 5.97 Å². The van der Waals surface area contributed by atoms with Crippen LogP contribution in [0.1, 0.15) is 128 Å². The summed E-state index contributed by atoms with van der Waals surface area (Å²) in [6, 6.07) is 8.33. The molecule has 2 heteroatoms. The molecule has 1 rings (SSSR count). The van der Waals surface area contributed by atoms with Gasteiger partial charge in [0.25, 0.3) is 0 Å². The van der Waals surface area contributed by atoms with Crippen LogP contribution in [0.2, 0.25) is 0 Å². The fraction of sp³-hybridized carbons (Fsp3) is 0.741. The molecule has 0 aliphatic heterocycles. The highest BCUT2D eigenvalue weighted by molar-refractivity contribution is 5.69. The second-order valence-corrected chi connectivity index (χ2v) is 8.53. The molecule has 0 saturated carbocycles. The van der Waals surface area contributed by atoms with Gasteiger partial charge in [-0.1, -0.05) is 128 Å². The minimum atomic E-state index is -0.0562. The lowest BCUT2D eigenvalue weighted by Gasteiger charge is -2.06. The first-order chi connectivity index (χ1) is 14.3. The predicted octanol–water partition coefficient (Wildman–Crippen LogP) is 8.55. The summed E-state index contributed by atoms with van der Waals surface area (Å²) in [4.78, 5) is 11.9. The summed E-state index contributed by atoms with van der Waals surface area (Å²) in [6.07, 6.45) is 21.8.